The monoisotopic (exact) mass is 321 g/mol. The molecular weight excluding hydrogens is 298 g/mol. The minimum atomic E-state index is 0.583. The Kier molecular flexibility index (Phi) is 3.17. The van der Waals surface area contributed by atoms with Gasteiger partial charge in [-0.3, -0.25) is 0 Å². The van der Waals surface area contributed by atoms with Gasteiger partial charge >= 0.3 is 0 Å². The molecule has 1 N–H and O–H groups in total. The second-order valence-electron chi connectivity index (χ2n) is 8.00. The Balaban J connectivity index is 1.38. The van der Waals surface area contributed by atoms with Crippen LogP contribution in [0.2, 0.25) is 4.34 Å². The van der Waals surface area contributed by atoms with Crippen molar-refractivity contribution in [1.29, 1.82) is 0 Å². The van der Waals surface area contributed by atoms with Gasteiger partial charge in [-0.2, -0.15) is 0 Å². The largest absolute Gasteiger partial charge is 0.307 e. The van der Waals surface area contributed by atoms with Crippen LogP contribution >= 0.6 is 22.9 Å². The predicted octanol–water partition coefficient (Wildman–Crippen LogP) is 5.19. The Morgan fingerprint density at radius 1 is 1.05 bits per heavy atom. The standard InChI is InChI=1S/C18H24ClNS/c19-17-9-14-15(2-1-3-16(14)21-17)20-18-12-5-10-4-11(7-12)8-13(18)6-10/h9-13,15,18,20H,1-8H2. The molecule has 1 nitrogen and oxygen atoms in total. The van der Waals surface area contributed by atoms with Crippen molar-refractivity contribution in [3.05, 3.63) is 20.8 Å². The van der Waals surface area contributed by atoms with Gasteiger partial charge in [0, 0.05) is 17.0 Å². The number of hydrogen-bond acceptors (Lipinski definition) is 2. The van der Waals surface area contributed by atoms with Gasteiger partial charge in [0.1, 0.15) is 0 Å². The summed E-state index contributed by atoms with van der Waals surface area (Å²) in [6.45, 7) is 0. The van der Waals surface area contributed by atoms with Crippen LogP contribution in [-0.4, -0.2) is 6.04 Å². The van der Waals surface area contributed by atoms with Crippen molar-refractivity contribution >= 4 is 22.9 Å². The van der Waals surface area contributed by atoms with Gasteiger partial charge in [0.05, 0.1) is 4.34 Å². The summed E-state index contributed by atoms with van der Waals surface area (Å²) in [6, 6.07) is 3.63. The summed E-state index contributed by atoms with van der Waals surface area (Å²) in [6.07, 6.45) is 11.5. The van der Waals surface area contributed by atoms with E-state index in [-0.39, 0.29) is 0 Å². The van der Waals surface area contributed by atoms with Crippen molar-refractivity contribution in [2.45, 2.75) is 63.5 Å². The maximum Gasteiger partial charge on any atom is 0.0934 e. The molecule has 1 atom stereocenters. The van der Waals surface area contributed by atoms with E-state index in [1.165, 1.54) is 50.5 Å². The van der Waals surface area contributed by atoms with Crippen molar-refractivity contribution in [2.24, 2.45) is 23.7 Å². The lowest BCUT2D eigenvalue weighted by atomic mass is 9.54. The third-order valence-corrected chi connectivity index (χ3v) is 8.04. The second kappa shape index (κ2) is 4.97. The molecule has 0 aromatic carbocycles. The lowest BCUT2D eigenvalue weighted by Crippen LogP contribution is -2.55. The highest BCUT2D eigenvalue weighted by molar-refractivity contribution is 7.16. The third kappa shape index (κ3) is 2.21. The minimum absolute atomic E-state index is 0.583. The smallest absolute Gasteiger partial charge is 0.0934 e. The highest BCUT2D eigenvalue weighted by Gasteiger charge is 2.48. The zero-order valence-corrected chi connectivity index (χ0v) is 14.1. The summed E-state index contributed by atoms with van der Waals surface area (Å²) in [5.74, 6) is 4.09. The number of thiophene rings is 1. The molecule has 0 saturated heterocycles. The molecule has 21 heavy (non-hydrogen) atoms. The van der Waals surface area contributed by atoms with Crippen LogP contribution in [0.15, 0.2) is 6.07 Å². The highest BCUT2D eigenvalue weighted by atomic mass is 35.5. The van der Waals surface area contributed by atoms with E-state index in [1.807, 2.05) is 11.3 Å². The predicted molar refractivity (Wildman–Crippen MR) is 89.0 cm³/mol. The Labute approximate surface area is 136 Å². The molecule has 4 saturated carbocycles. The van der Waals surface area contributed by atoms with Gasteiger partial charge in [-0.25, -0.2) is 0 Å². The number of fused-ring (bicyclic) bond motifs is 1. The van der Waals surface area contributed by atoms with Gasteiger partial charge in [-0.15, -0.1) is 11.3 Å². The van der Waals surface area contributed by atoms with Crippen LogP contribution in [-0.2, 0) is 6.42 Å². The zero-order valence-electron chi connectivity index (χ0n) is 12.5. The zero-order chi connectivity index (χ0) is 14.0. The van der Waals surface area contributed by atoms with Gasteiger partial charge in [0.2, 0.25) is 0 Å². The van der Waals surface area contributed by atoms with Crippen molar-refractivity contribution in [2.75, 3.05) is 0 Å². The SMILES string of the molecule is Clc1cc2c(s1)CCCC2NC1C2CC3CC(C2)CC1C3. The first-order valence-corrected chi connectivity index (χ1v) is 10.00. The molecule has 114 valence electrons. The fourth-order valence-electron chi connectivity index (χ4n) is 6.12. The second-order valence-corrected chi connectivity index (χ2v) is 9.77. The lowest BCUT2D eigenvalue weighted by Gasteiger charge is -2.55. The summed E-state index contributed by atoms with van der Waals surface area (Å²) >= 11 is 8.08. The fourth-order valence-corrected chi connectivity index (χ4v) is 7.51. The van der Waals surface area contributed by atoms with Crippen molar-refractivity contribution < 1.29 is 0 Å². The Morgan fingerprint density at radius 3 is 2.48 bits per heavy atom. The summed E-state index contributed by atoms with van der Waals surface area (Å²) in [7, 11) is 0. The molecule has 5 aliphatic rings. The van der Waals surface area contributed by atoms with Gasteiger partial charge < -0.3 is 5.32 Å². The minimum Gasteiger partial charge on any atom is -0.307 e. The van der Waals surface area contributed by atoms with E-state index < -0.39 is 0 Å². The quantitative estimate of drug-likeness (QED) is 0.790. The molecule has 1 aromatic rings. The maximum absolute atomic E-state index is 6.27. The molecule has 0 radical (unpaired) electrons. The first-order chi connectivity index (χ1) is 10.3. The first-order valence-electron chi connectivity index (χ1n) is 8.80. The molecule has 1 unspecified atom stereocenters. The molecule has 4 fully saturated rings. The molecule has 0 amide bonds. The van der Waals surface area contributed by atoms with E-state index in [0.29, 0.717) is 6.04 Å². The van der Waals surface area contributed by atoms with Gasteiger partial charge in [0.25, 0.3) is 0 Å². The highest BCUT2D eigenvalue weighted by Crippen LogP contribution is 2.54. The number of aryl methyl sites for hydroxylation is 1. The van der Waals surface area contributed by atoms with Gasteiger partial charge in [-0.05, 0) is 86.7 Å². The van der Waals surface area contributed by atoms with Crippen LogP contribution in [0.1, 0.15) is 61.4 Å². The van der Waals surface area contributed by atoms with E-state index >= 15 is 0 Å². The molecule has 1 aromatic heterocycles. The van der Waals surface area contributed by atoms with Crippen LogP contribution in [0, 0.1) is 23.7 Å². The molecular formula is C18H24ClNS. The van der Waals surface area contributed by atoms with Crippen molar-refractivity contribution in [3.63, 3.8) is 0 Å². The normalized spacial score (nSPS) is 44.0. The van der Waals surface area contributed by atoms with E-state index in [0.717, 1.165) is 34.0 Å². The Hall–Kier alpha value is -0.0500. The number of rotatable bonds is 2. The summed E-state index contributed by atoms with van der Waals surface area (Å²) in [4.78, 5) is 1.55. The van der Waals surface area contributed by atoms with Crippen LogP contribution in [0.5, 0.6) is 0 Å². The topological polar surface area (TPSA) is 12.0 Å². The third-order valence-electron chi connectivity index (χ3n) is 6.70. The number of nitrogens with one attached hydrogen (secondary N) is 1. The molecule has 5 aliphatic carbocycles. The van der Waals surface area contributed by atoms with Crippen molar-refractivity contribution in [1.82, 2.24) is 5.32 Å². The summed E-state index contributed by atoms with van der Waals surface area (Å²) in [5, 5.41) is 4.12. The van der Waals surface area contributed by atoms with Crippen LogP contribution in [0.4, 0.5) is 0 Å². The van der Waals surface area contributed by atoms with E-state index in [2.05, 4.69) is 11.4 Å². The molecule has 0 aliphatic heterocycles. The van der Waals surface area contributed by atoms with E-state index in [4.69, 9.17) is 11.6 Å². The van der Waals surface area contributed by atoms with E-state index in [1.54, 1.807) is 11.3 Å². The van der Waals surface area contributed by atoms with Crippen LogP contribution < -0.4 is 5.32 Å². The maximum atomic E-state index is 6.27. The Bertz CT molecular complexity index is 523. The molecule has 3 heteroatoms. The van der Waals surface area contributed by atoms with Crippen LogP contribution in [0.3, 0.4) is 0 Å². The van der Waals surface area contributed by atoms with Crippen LogP contribution in [0.25, 0.3) is 0 Å². The van der Waals surface area contributed by atoms with Gasteiger partial charge in [-0.1, -0.05) is 11.6 Å². The Morgan fingerprint density at radius 2 is 1.76 bits per heavy atom. The van der Waals surface area contributed by atoms with Crippen molar-refractivity contribution in [3.8, 4) is 0 Å². The number of hydrogen-bond donors (Lipinski definition) is 1. The van der Waals surface area contributed by atoms with Gasteiger partial charge in [0.15, 0.2) is 0 Å². The fraction of sp³-hybridized carbons (Fsp3) is 0.778. The number of halogens is 1. The lowest BCUT2D eigenvalue weighted by molar-refractivity contribution is -0.0184. The molecule has 6 rings (SSSR count). The van der Waals surface area contributed by atoms with E-state index in [9.17, 15) is 0 Å². The molecule has 4 bridgehead atoms. The summed E-state index contributed by atoms with van der Waals surface area (Å²) < 4.78 is 0.985. The summed E-state index contributed by atoms with van der Waals surface area (Å²) in [5.41, 5.74) is 1.53. The molecule has 1 heterocycles. The molecule has 0 spiro atoms. The average molecular weight is 322 g/mol. The first kappa shape index (κ1) is 13.4. The average Bonchev–Trinajstić information content (AvgIpc) is 2.83.